The van der Waals surface area contributed by atoms with Crippen molar-refractivity contribution in [1.29, 1.82) is 0 Å². The summed E-state index contributed by atoms with van der Waals surface area (Å²) in [5.74, 6) is 2.33. The first kappa shape index (κ1) is 13.2. The topological polar surface area (TPSA) is 66.9 Å². The molecule has 0 bridgehead atoms. The molecule has 1 aromatic rings. The van der Waals surface area contributed by atoms with E-state index in [4.69, 9.17) is 0 Å². The molecule has 0 saturated carbocycles. The Balaban J connectivity index is 0.00000128. The number of nitrogens with one attached hydrogen (secondary N) is 2. The number of amides is 1. The fraction of sp³-hybridized carbons (Fsp3) is 0.444. The van der Waals surface area contributed by atoms with E-state index in [2.05, 4.69) is 20.6 Å². The van der Waals surface area contributed by atoms with Gasteiger partial charge in [-0.2, -0.15) is 0 Å². The van der Waals surface area contributed by atoms with E-state index >= 15 is 0 Å². The average molecular weight is 261 g/mol. The molecule has 1 aliphatic heterocycles. The van der Waals surface area contributed by atoms with Gasteiger partial charge in [0.15, 0.2) is 0 Å². The quantitative estimate of drug-likeness (QED) is 0.824. The second-order valence-electron chi connectivity index (χ2n) is 3.28. The molecule has 88 valence electrons. The zero-order chi connectivity index (χ0) is 10.7. The van der Waals surface area contributed by atoms with Crippen LogP contribution in [0.4, 0.5) is 5.69 Å². The number of aromatic nitrogens is 2. The van der Waals surface area contributed by atoms with Gasteiger partial charge in [0.2, 0.25) is 5.91 Å². The normalized spacial score (nSPS) is 18.9. The summed E-state index contributed by atoms with van der Waals surface area (Å²) in [5, 5.41) is 5.87. The van der Waals surface area contributed by atoms with Crippen molar-refractivity contribution in [2.45, 2.75) is 13.0 Å². The summed E-state index contributed by atoms with van der Waals surface area (Å²) in [5.41, 5.74) is 0.643. The maximum Gasteiger partial charge on any atom is 0.242 e. The largest absolute Gasteiger partial charge is 0.322 e. The molecule has 7 heteroatoms. The molecule has 0 radical (unpaired) electrons. The summed E-state index contributed by atoms with van der Waals surface area (Å²) in [6.45, 7) is 1.81. The van der Waals surface area contributed by atoms with Crippen LogP contribution < -0.4 is 10.6 Å². The van der Waals surface area contributed by atoms with E-state index in [9.17, 15) is 4.79 Å². The van der Waals surface area contributed by atoms with Gasteiger partial charge < -0.3 is 5.32 Å². The van der Waals surface area contributed by atoms with Crippen molar-refractivity contribution in [2.24, 2.45) is 0 Å². The zero-order valence-corrected chi connectivity index (χ0v) is 10.4. The van der Waals surface area contributed by atoms with Gasteiger partial charge in [-0.25, -0.2) is 9.97 Å². The van der Waals surface area contributed by atoms with Crippen LogP contribution in [0.25, 0.3) is 0 Å². The Morgan fingerprint density at radius 2 is 2.25 bits per heavy atom. The van der Waals surface area contributed by atoms with Gasteiger partial charge in [-0.1, -0.05) is 0 Å². The molecule has 1 aliphatic rings. The van der Waals surface area contributed by atoms with Crippen LogP contribution in [0.5, 0.6) is 0 Å². The Morgan fingerprint density at radius 1 is 1.56 bits per heavy atom. The first-order valence-corrected chi connectivity index (χ1v) is 5.82. The minimum Gasteiger partial charge on any atom is -0.322 e. The molecule has 1 saturated heterocycles. The maximum atomic E-state index is 11.7. The van der Waals surface area contributed by atoms with Gasteiger partial charge in [0.1, 0.15) is 5.82 Å². The van der Waals surface area contributed by atoms with Crippen LogP contribution in [0.2, 0.25) is 0 Å². The van der Waals surface area contributed by atoms with Gasteiger partial charge in [0.25, 0.3) is 0 Å². The fourth-order valence-electron chi connectivity index (χ4n) is 1.25. The third-order valence-corrected chi connectivity index (χ3v) is 3.02. The average Bonchev–Trinajstić information content (AvgIpc) is 2.74. The van der Waals surface area contributed by atoms with Gasteiger partial charge in [-0.15, -0.1) is 24.2 Å². The smallest absolute Gasteiger partial charge is 0.242 e. The summed E-state index contributed by atoms with van der Waals surface area (Å²) < 4.78 is 0. The van der Waals surface area contributed by atoms with Crippen LogP contribution in [0.3, 0.4) is 0 Å². The number of hydrogen-bond donors (Lipinski definition) is 2. The van der Waals surface area contributed by atoms with Crippen LogP contribution in [-0.4, -0.2) is 33.5 Å². The standard InChI is InChI=1S/C9H12N4OS.ClH/c1-6-10-2-7(3-11-6)13-9(14)8-4-15-5-12-8;/h2-3,8,12H,4-5H2,1H3,(H,13,14);1H/t8-;/m1./s1. The molecule has 2 rings (SSSR count). The second-order valence-corrected chi connectivity index (χ2v) is 4.31. The molecule has 5 nitrogen and oxygen atoms in total. The van der Waals surface area contributed by atoms with Gasteiger partial charge in [0.05, 0.1) is 24.1 Å². The predicted molar refractivity (Wildman–Crippen MR) is 66.9 cm³/mol. The number of nitrogens with zero attached hydrogens (tertiary/aromatic N) is 2. The van der Waals surface area contributed by atoms with E-state index in [0.29, 0.717) is 11.5 Å². The van der Waals surface area contributed by atoms with Gasteiger partial charge in [-0.05, 0) is 6.92 Å². The van der Waals surface area contributed by atoms with Crippen molar-refractivity contribution < 1.29 is 4.79 Å². The Hall–Kier alpha value is -0.850. The molecular weight excluding hydrogens is 248 g/mol. The molecule has 0 aromatic carbocycles. The third-order valence-electron chi connectivity index (χ3n) is 2.08. The van der Waals surface area contributed by atoms with Crippen molar-refractivity contribution in [3.8, 4) is 0 Å². The SMILES string of the molecule is Cc1ncc(NC(=O)[C@H]2CSCN2)cn1.Cl. The van der Waals surface area contributed by atoms with Crippen LogP contribution in [0.1, 0.15) is 5.82 Å². The first-order chi connectivity index (χ1) is 7.25. The molecule has 16 heavy (non-hydrogen) atoms. The van der Waals surface area contributed by atoms with Gasteiger partial charge >= 0.3 is 0 Å². The Morgan fingerprint density at radius 3 is 2.81 bits per heavy atom. The predicted octanol–water partition coefficient (Wildman–Crippen LogP) is 0.808. The number of anilines is 1. The third kappa shape index (κ3) is 3.33. The van der Waals surface area contributed by atoms with E-state index < -0.39 is 0 Å². The minimum absolute atomic E-state index is 0. The first-order valence-electron chi connectivity index (χ1n) is 4.66. The molecule has 0 aliphatic carbocycles. The van der Waals surface area contributed by atoms with Crippen molar-refractivity contribution in [3.05, 3.63) is 18.2 Å². The highest BCUT2D eigenvalue weighted by atomic mass is 35.5. The monoisotopic (exact) mass is 260 g/mol. The molecule has 2 heterocycles. The highest BCUT2D eigenvalue weighted by Gasteiger charge is 2.22. The number of halogens is 1. The number of aryl methyl sites for hydroxylation is 1. The van der Waals surface area contributed by atoms with Crippen LogP contribution in [-0.2, 0) is 4.79 Å². The Labute approximate surface area is 104 Å². The summed E-state index contributed by atoms with van der Waals surface area (Å²) in [4.78, 5) is 19.7. The van der Waals surface area contributed by atoms with E-state index in [0.717, 1.165) is 11.6 Å². The highest BCUT2D eigenvalue weighted by Crippen LogP contribution is 2.11. The lowest BCUT2D eigenvalue weighted by Gasteiger charge is -2.09. The summed E-state index contributed by atoms with van der Waals surface area (Å²) in [6.07, 6.45) is 3.23. The molecule has 1 aromatic heterocycles. The van der Waals surface area contributed by atoms with Crippen LogP contribution in [0.15, 0.2) is 12.4 Å². The maximum absolute atomic E-state index is 11.7. The lowest BCUT2D eigenvalue weighted by Crippen LogP contribution is -2.37. The van der Waals surface area contributed by atoms with Gasteiger partial charge in [0, 0.05) is 11.6 Å². The molecule has 1 amide bonds. The molecule has 2 N–H and O–H groups in total. The van der Waals surface area contributed by atoms with Crippen molar-refractivity contribution in [3.63, 3.8) is 0 Å². The van der Waals surface area contributed by atoms with Crippen LogP contribution >= 0.6 is 24.2 Å². The molecular formula is C9H13ClN4OS. The minimum atomic E-state index is -0.101. The van der Waals surface area contributed by atoms with Gasteiger partial charge in [-0.3, -0.25) is 10.1 Å². The van der Waals surface area contributed by atoms with E-state index in [1.807, 2.05) is 0 Å². The summed E-state index contributed by atoms with van der Waals surface area (Å²) in [6, 6.07) is -0.101. The molecule has 0 spiro atoms. The zero-order valence-electron chi connectivity index (χ0n) is 8.77. The van der Waals surface area contributed by atoms with E-state index in [1.54, 1.807) is 31.1 Å². The lowest BCUT2D eigenvalue weighted by molar-refractivity contribution is -0.117. The van der Waals surface area contributed by atoms with E-state index in [1.165, 1.54) is 0 Å². The summed E-state index contributed by atoms with van der Waals surface area (Å²) >= 11 is 1.72. The van der Waals surface area contributed by atoms with Crippen molar-refractivity contribution >= 4 is 35.8 Å². The molecule has 1 atom stereocenters. The number of carbonyl (C=O) groups excluding carboxylic acids is 1. The fourth-order valence-corrected chi connectivity index (χ4v) is 2.19. The Kier molecular flexibility index (Phi) is 4.98. The van der Waals surface area contributed by atoms with Crippen molar-refractivity contribution in [2.75, 3.05) is 16.9 Å². The number of thioether (sulfide) groups is 1. The summed E-state index contributed by atoms with van der Waals surface area (Å²) in [7, 11) is 0. The molecule has 0 unspecified atom stereocenters. The highest BCUT2D eigenvalue weighted by molar-refractivity contribution is 7.99. The number of hydrogen-bond acceptors (Lipinski definition) is 5. The van der Waals surface area contributed by atoms with Crippen LogP contribution in [0, 0.1) is 6.92 Å². The van der Waals surface area contributed by atoms with E-state index in [-0.39, 0.29) is 24.4 Å². The Bertz CT molecular complexity index is 353. The lowest BCUT2D eigenvalue weighted by atomic mass is 10.3. The number of carbonyl (C=O) groups is 1. The molecule has 1 fully saturated rings. The van der Waals surface area contributed by atoms with Crippen molar-refractivity contribution in [1.82, 2.24) is 15.3 Å². The number of rotatable bonds is 2. The second kappa shape index (κ2) is 6.03.